The van der Waals surface area contributed by atoms with E-state index in [0.717, 1.165) is 53.5 Å². The summed E-state index contributed by atoms with van der Waals surface area (Å²) in [6, 6.07) is 36.2. The molecular formula is C27H25N3. The molecule has 0 radical (unpaired) electrons. The molecule has 30 heavy (non-hydrogen) atoms. The van der Waals surface area contributed by atoms with E-state index >= 15 is 0 Å². The Morgan fingerprint density at radius 2 is 1.37 bits per heavy atom. The molecule has 0 fully saturated rings. The van der Waals surface area contributed by atoms with Crippen molar-refractivity contribution in [2.75, 3.05) is 22.1 Å². The van der Waals surface area contributed by atoms with Crippen molar-refractivity contribution < 1.29 is 0 Å². The summed E-state index contributed by atoms with van der Waals surface area (Å²) < 4.78 is 0. The summed E-state index contributed by atoms with van der Waals surface area (Å²) in [7, 11) is 0. The lowest BCUT2D eigenvalue weighted by Crippen LogP contribution is -2.19. The van der Waals surface area contributed by atoms with Gasteiger partial charge >= 0.3 is 0 Å². The Labute approximate surface area is 178 Å². The SMILES string of the molecule is c1ccc(CCCNc2cccc3c2Nc2ccccc2N3c2ccccc2)cc1. The molecule has 1 aliphatic rings. The van der Waals surface area contributed by atoms with E-state index in [0.29, 0.717) is 0 Å². The molecular weight excluding hydrogens is 366 g/mol. The van der Waals surface area contributed by atoms with Gasteiger partial charge in [0, 0.05) is 12.2 Å². The molecule has 0 saturated heterocycles. The monoisotopic (exact) mass is 391 g/mol. The van der Waals surface area contributed by atoms with Gasteiger partial charge in [0.25, 0.3) is 0 Å². The fourth-order valence-electron chi connectivity index (χ4n) is 4.06. The molecule has 1 heterocycles. The Morgan fingerprint density at radius 3 is 2.20 bits per heavy atom. The third-order valence-electron chi connectivity index (χ3n) is 5.50. The third kappa shape index (κ3) is 3.62. The fraction of sp³-hybridized carbons (Fsp3) is 0.111. The number of rotatable bonds is 6. The summed E-state index contributed by atoms with van der Waals surface area (Å²) in [5, 5.41) is 7.32. The van der Waals surface area contributed by atoms with Crippen molar-refractivity contribution in [1.29, 1.82) is 0 Å². The maximum absolute atomic E-state index is 3.66. The minimum Gasteiger partial charge on any atom is -0.383 e. The summed E-state index contributed by atoms with van der Waals surface area (Å²) in [6.45, 7) is 0.931. The van der Waals surface area contributed by atoms with E-state index in [9.17, 15) is 0 Å². The number of anilines is 6. The molecule has 148 valence electrons. The van der Waals surface area contributed by atoms with E-state index in [1.807, 2.05) is 0 Å². The number of aryl methyl sites for hydroxylation is 1. The summed E-state index contributed by atoms with van der Waals surface area (Å²) in [5.74, 6) is 0. The molecule has 0 atom stereocenters. The van der Waals surface area contributed by atoms with Gasteiger partial charge in [-0.25, -0.2) is 0 Å². The fourth-order valence-corrected chi connectivity index (χ4v) is 4.06. The van der Waals surface area contributed by atoms with Crippen molar-refractivity contribution in [2.45, 2.75) is 12.8 Å². The van der Waals surface area contributed by atoms with Gasteiger partial charge in [0.05, 0.1) is 28.4 Å². The maximum atomic E-state index is 3.66. The smallest absolute Gasteiger partial charge is 0.0865 e. The molecule has 0 aliphatic carbocycles. The second-order valence-corrected chi connectivity index (χ2v) is 7.53. The number of benzene rings is 4. The molecule has 1 aliphatic heterocycles. The normalized spacial score (nSPS) is 11.9. The predicted molar refractivity (Wildman–Crippen MR) is 128 cm³/mol. The summed E-state index contributed by atoms with van der Waals surface area (Å²) in [5.41, 5.74) is 8.25. The van der Waals surface area contributed by atoms with E-state index in [1.165, 1.54) is 5.56 Å². The Kier molecular flexibility index (Phi) is 5.09. The number of nitrogens with zero attached hydrogens (tertiary/aromatic N) is 1. The lowest BCUT2D eigenvalue weighted by atomic mass is 10.1. The zero-order chi connectivity index (χ0) is 20.2. The van der Waals surface area contributed by atoms with Crippen LogP contribution >= 0.6 is 0 Å². The van der Waals surface area contributed by atoms with Crippen LogP contribution in [0.2, 0.25) is 0 Å². The summed E-state index contributed by atoms with van der Waals surface area (Å²) in [4.78, 5) is 2.33. The van der Waals surface area contributed by atoms with Crippen molar-refractivity contribution in [3.63, 3.8) is 0 Å². The highest BCUT2D eigenvalue weighted by molar-refractivity contribution is 6.00. The van der Waals surface area contributed by atoms with Gasteiger partial charge < -0.3 is 15.5 Å². The first-order valence-corrected chi connectivity index (χ1v) is 10.5. The number of hydrogen-bond donors (Lipinski definition) is 2. The van der Waals surface area contributed by atoms with Crippen LogP contribution in [-0.4, -0.2) is 6.54 Å². The Hall–Kier alpha value is -3.72. The van der Waals surface area contributed by atoms with Crippen LogP contribution in [0.25, 0.3) is 0 Å². The molecule has 0 amide bonds. The minimum atomic E-state index is 0.931. The zero-order valence-corrected chi connectivity index (χ0v) is 16.9. The highest BCUT2D eigenvalue weighted by Gasteiger charge is 2.25. The molecule has 3 nitrogen and oxygen atoms in total. The van der Waals surface area contributed by atoms with Crippen molar-refractivity contribution in [2.24, 2.45) is 0 Å². The Bertz CT molecular complexity index is 1120. The van der Waals surface area contributed by atoms with E-state index in [4.69, 9.17) is 0 Å². The van der Waals surface area contributed by atoms with E-state index in [1.54, 1.807) is 0 Å². The molecule has 0 spiro atoms. The van der Waals surface area contributed by atoms with Gasteiger partial charge in [-0.1, -0.05) is 66.7 Å². The summed E-state index contributed by atoms with van der Waals surface area (Å²) >= 11 is 0. The maximum Gasteiger partial charge on any atom is 0.0865 e. The van der Waals surface area contributed by atoms with Crippen molar-refractivity contribution in [3.05, 3.63) is 109 Å². The number of nitrogens with one attached hydrogen (secondary N) is 2. The van der Waals surface area contributed by atoms with Gasteiger partial charge in [0.15, 0.2) is 0 Å². The highest BCUT2D eigenvalue weighted by atomic mass is 15.2. The Morgan fingerprint density at radius 1 is 0.667 bits per heavy atom. The topological polar surface area (TPSA) is 27.3 Å². The quantitative estimate of drug-likeness (QED) is 0.298. The van der Waals surface area contributed by atoms with Crippen molar-refractivity contribution in [1.82, 2.24) is 0 Å². The van der Waals surface area contributed by atoms with Crippen LogP contribution in [-0.2, 0) is 6.42 Å². The largest absolute Gasteiger partial charge is 0.383 e. The molecule has 0 aromatic heterocycles. The highest BCUT2D eigenvalue weighted by Crippen LogP contribution is 2.50. The number of hydrogen-bond acceptors (Lipinski definition) is 3. The molecule has 3 heteroatoms. The first-order valence-electron chi connectivity index (χ1n) is 10.5. The van der Waals surface area contributed by atoms with Crippen LogP contribution in [0.4, 0.5) is 34.1 Å². The second-order valence-electron chi connectivity index (χ2n) is 7.53. The van der Waals surface area contributed by atoms with E-state index in [2.05, 4.69) is 119 Å². The first-order chi connectivity index (χ1) is 14.9. The Balaban J connectivity index is 1.42. The van der Waals surface area contributed by atoms with Crippen LogP contribution in [0, 0.1) is 0 Å². The molecule has 0 saturated carbocycles. The zero-order valence-electron chi connectivity index (χ0n) is 16.9. The van der Waals surface area contributed by atoms with E-state index < -0.39 is 0 Å². The molecule has 5 rings (SSSR count). The van der Waals surface area contributed by atoms with Gasteiger partial charge in [-0.05, 0) is 54.8 Å². The average Bonchev–Trinajstić information content (AvgIpc) is 2.81. The van der Waals surface area contributed by atoms with Crippen molar-refractivity contribution >= 4 is 34.1 Å². The van der Waals surface area contributed by atoms with Crippen LogP contribution in [0.15, 0.2) is 103 Å². The predicted octanol–water partition coefficient (Wildman–Crippen LogP) is 7.26. The van der Waals surface area contributed by atoms with Crippen LogP contribution < -0.4 is 15.5 Å². The second kappa shape index (κ2) is 8.34. The lowest BCUT2D eigenvalue weighted by Gasteiger charge is -2.35. The number of para-hydroxylation sites is 4. The third-order valence-corrected chi connectivity index (χ3v) is 5.50. The van der Waals surface area contributed by atoms with Gasteiger partial charge in [-0.3, -0.25) is 0 Å². The van der Waals surface area contributed by atoms with Crippen LogP contribution in [0.3, 0.4) is 0 Å². The van der Waals surface area contributed by atoms with Gasteiger partial charge in [-0.2, -0.15) is 0 Å². The van der Waals surface area contributed by atoms with Gasteiger partial charge in [0.2, 0.25) is 0 Å². The van der Waals surface area contributed by atoms with Crippen molar-refractivity contribution in [3.8, 4) is 0 Å². The molecule has 4 aromatic carbocycles. The van der Waals surface area contributed by atoms with Crippen LogP contribution in [0.5, 0.6) is 0 Å². The summed E-state index contributed by atoms with van der Waals surface area (Å²) in [6.07, 6.45) is 2.17. The first kappa shape index (κ1) is 18.3. The molecule has 0 bridgehead atoms. The van der Waals surface area contributed by atoms with E-state index in [-0.39, 0.29) is 0 Å². The molecule has 2 N–H and O–H groups in total. The van der Waals surface area contributed by atoms with Gasteiger partial charge in [0.1, 0.15) is 0 Å². The van der Waals surface area contributed by atoms with Gasteiger partial charge in [-0.15, -0.1) is 0 Å². The molecule has 4 aromatic rings. The molecule has 0 unspecified atom stereocenters. The number of fused-ring (bicyclic) bond motifs is 2. The standard InChI is InChI=1S/C27H25N3/c1-3-11-21(12-4-1)13-10-20-28-24-17-9-19-26-27(24)29-23-16-7-8-18-25(23)30(26)22-14-5-2-6-15-22/h1-9,11-12,14-19,28-29H,10,13,20H2. The average molecular weight is 392 g/mol. The minimum absolute atomic E-state index is 0.931. The van der Waals surface area contributed by atoms with Crippen LogP contribution in [0.1, 0.15) is 12.0 Å². The lowest BCUT2D eigenvalue weighted by molar-refractivity contribution is 0.863.